The molecule has 0 spiro atoms. The molecule has 0 atom stereocenters. The monoisotopic (exact) mass is 433 g/mol. The second-order valence-electron chi connectivity index (χ2n) is 8.13. The van der Waals surface area contributed by atoms with Gasteiger partial charge in [0.2, 0.25) is 0 Å². The van der Waals surface area contributed by atoms with Crippen molar-refractivity contribution in [2.24, 2.45) is 5.92 Å². The lowest BCUT2D eigenvalue weighted by molar-refractivity contribution is 0.118. The Balaban J connectivity index is 1.60. The van der Waals surface area contributed by atoms with Crippen LogP contribution in [0, 0.1) is 11.7 Å². The van der Waals surface area contributed by atoms with Gasteiger partial charge < -0.3 is 14.7 Å². The first kappa shape index (κ1) is 22.7. The minimum Gasteiger partial charge on any atom is -0.449 e. The molecule has 0 unspecified atom stereocenters. The molecule has 1 saturated carbocycles. The molecule has 1 aromatic rings. The Bertz CT molecular complexity index is 739. The Morgan fingerprint density at radius 3 is 2.53 bits per heavy atom. The van der Waals surface area contributed by atoms with Crippen LogP contribution < -0.4 is 0 Å². The summed E-state index contributed by atoms with van der Waals surface area (Å²) in [6, 6.07) is 6.63. The summed E-state index contributed by atoms with van der Waals surface area (Å²) in [5.74, 6) is 1.73. The number of hydrogen-bond donors (Lipinski definition) is 1. The molecule has 0 saturated heterocycles. The summed E-state index contributed by atoms with van der Waals surface area (Å²) in [7, 11) is 0. The maximum absolute atomic E-state index is 13.1. The number of nitrogens with zero attached hydrogens (tertiary/aromatic N) is 1. The largest absolute Gasteiger partial charge is 0.511 e. The first-order valence-electron chi connectivity index (χ1n) is 11.1. The number of ether oxygens (including phenoxy) is 1. The van der Waals surface area contributed by atoms with Crippen molar-refractivity contribution in [2.45, 2.75) is 57.8 Å². The Morgan fingerprint density at radius 2 is 1.83 bits per heavy atom. The second kappa shape index (κ2) is 12.0. The van der Waals surface area contributed by atoms with Gasteiger partial charge in [-0.25, -0.2) is 9.18 Å². The van der Waals surface area contributed by atoms with Crippen LogP contribution in [-0.2, 0) is 11.2 Å². The van der Waals surface area contributed by atoms with E-state index in [2.05, 4.69) is 4.90 Å². The van der Waals surface area contributed by atoms with E-state index in [1.165, 1.54) is 57.1 Å². The zero-order valence-electron chi connectivity index (χ0n) is 17.5. The topological polar surface area (TPSA) is 49.8 Å². The van der Waals surface area contributed by atoms with E-state index in [1.807, 2.05) is 18.2 Å². The normalized spacial score (nSPS) is 18.2. The molecule has 0 amide bonds. The summed E-state index contributed by atoms with van der Waals surface area (Å²) < 4.78 is 18.2. The number of carboxylic acid groups (broad SMARTS) is 1. The first-order valence-corrected chi connectivity index (χ1v) is 12.0. The predicted octanol–water partition coefficient (Wildman–Crippen LogP) is 6.59. The van der Waals surface area contributed by atoms with E-state index in [4.69, 9.17) is 9.84 Å². The van der Waals surface area contributed by atoms with Crippen LogP contribution >= 0.6 is 11.8 Å². The van der Waals surface area contributed by atoms with Crippen molar-refractivity contribution in [1.29, 1.82) is 0 Å². The van der Waals surface area contributed by atoms with Crippen molar-refractivity contribution in [3.05, 3.63) is 58.6 Å². The Hall–Kier alpha value is -1.95. The third-order valence-electron chi connectivity index (χ3n) is 5.76. The molecule has 2 aliphatic rings. The van der Waals surface area contributed by atoms with Gasteiger partial charge in [0.15, 0.2) is 5.76 Å². The molecule has 1 N–H and O–H groups in total. The lowest BCUT2D eigenvalue weighted by Crippen LogP contribution is -2.32. The number of rotatable bonds is 8. The van der Waals surface area contributed by atoms with Crippen molar-refractivity contribution < 1.29 is 19.0 Å². The van der Waals surface area contributed by atoms with Gasteiger partial charge >= 0.3 is 6.16 Å². The van der Waals surface area contributed by atoms with E-state index in [1.54, 1.807) is 17.8 Å². The number of hydrogen-bond acceptors (Lipinski definition) is 4. The van der Waals surface area contributed by atoms with Crippen molar-refractivity contribution in [2.75, 3.05) is 18.8 Å². The maximum atomic E-state index is 13.1. The van der Waals surface area contributed by atoms with Crippen LogP contribution in [0.15, 0.2) is 47.2 Å². The Morgan fingerprint density at radius 1 is 1.13 bits per heavy atom. The summed E-state index contributed by atoms with van der Waals surface area (Å²) in [4.78, 5) is 13.5. The highest BCUT2D eigenvalue weighted by Crippen LogP contribution is 2.32. The second-order valence-corrected chi connectivity index (χ2v) is 9.22. The lowest BCUT2D eigenvalue weighted by atomic mass is 9.91. The lowest BCUT2D eigenvalue weighted by Gasteiger charge is -2.33. The van der Waals surface area contributed by atoms with Gasteiger partial charge in [0.25, 0.3) is 0 Å². The van der Waals surface area contributed by atoms with E-state index >= 15 is 0 Å². The van der Waals surface area contributed by atoms with Crippen LogP contribution in [0.4, 0.5) is 9.18 Å². The minimum absolute atomic E-state index is 0.215. The highest BCUT2D eigenvalue weighted by molar-refractivity contribution is 8.03. The van der Waals surface area contributed by atoms with Crippen LogP contribution in [0.1, 0.15) is 56.9 Å². The third-order valence-corrected chi connectivity index (χ3v) is 6.98. The van der Waals surface area contributed by atoms with E-state index in [-0.39, 0.29) is 5.82 Å². The molecule has 3 rings (SSSR count). The summed E-state index contributed by atoms with van der Waals surface area (Å²) >= 11 is 1.67. The Labute approximate surface area is 183 Å². The molecule has 30 heavy (non-hydrogen) atoms. The van der Waals surface area contributed by atoms with Crippen molar-refractivity contribution in [3.8, 4) is 0 Å². The van der Waals surface area contributed by atoms with Gasteiger partial charge in [-0.3, -0.25) is 0 Å². The molecule has 1 aliphatic carbocycles. The molecule has 4 nitrogen and oxygen atoms in total. The fraction of sp³-hybridized carbons (Fsp3) is 0.542. The third kappa shape index (κ3) is 7.38. The fourth-order valence-electron chi connectivity index (χ4n) is 4.22. The van der Waals surface area contributed by atoms with E-state index in [0.29, 0.717) is 11.7 Å². The number of benzene rings is 1. The Kier molecular flexibility index (Phi) is 9.12. The van der Waals surface area contributed by atoms with Gasteiger partial charge in [0, 0.05) is 13.1 Å². The average Bonchev–Trinajstić information content (AvgIpc) is 2.69. The van der Waals surface area contributed by atoms with Crippen LogP contribution in [0.2, 0.25) is 0 Å². The summed E-state index contributed by atoms with van der Waals surface area (Å²) in [6.45, 7) is 1.75. The zero-order chi connectivity index (χ0) is 21.2. The molecule has 0 bridgehead atoms. The maximum Gasteiger partial charge on any atom is 0.511 e. The molecule has 1 aliphatic heterocycles. The molecule has 1 fully saturated rings. The van der Waals surface area contributed by atoms with E-state index < -0.39 is 6.16 Å². The van der Waals surface area contributed by atoms with Crippen LogP contribution in [0.5, 0.6) is 0 Å². The van der Waals surface area contributed by atoms with Crippen LogP contribution in [0.25, 0.3) is 0 Å². The number of halogens is 1. The van der Waals surface area contributed by atoms with Gasteiger partial charge in [0.05, 0.1) is 0 Å². The smallest absolute Gasteiger partial charge is 0.449 e. The molecule has 1 heterocycles. The van der Waals surface area contributed by atoms with Gasteiger partial charge in [-0.2, -0.15) is 0 Å². The van der Waals surface area contributed by atoms with Crippen molar-refractivity contribution >= 4 is 17.9 Å². The van der Waals surface area contributed by atoms with Crippen LogP contribution in [0.3, 0.4) is 0 Å². The van der Waals surface area contributed by atoms with E-state index in [0.717, 1.165) is 42.3 Å². The van der Waals surface area contributed by atoms with Gasteiger partial charge in [0.1, 0.15) is 10.8 Å². The molecule has 0 aromatic heterocycles. The van der Waals surface area contributed by atoms with Crippen molar-refractivity contribution in [1.82, 2.24) is 4.90 Å². The molecule has 6 heteroatoms. The molecule has 0 radical (unpaired) electrons. The summed E-state index contributed by atoms with van der Waals surface area (Å²) in [5, 5.41) is 10.1. The molecular weight excluding hydrogens is 401 g/mol. The summed E-state index contributed by atoms with van der Waals surface area (Å²) in [6.07, 6.45) is 13.4. The van der Waals surface area contributed by atoms with Crippen molar-refractivity contribution in [3.63, 3.8) is 0 Å². The standard InChI is InChI=1S/C24H32FNO3S/c25-21-14-12-19(13-15-21)10-7-17-30-23-22(29-24(27)28)11-6-16-26(23)18-20-8-4-2-1-3-5-9-20/h6,11-15,20H,1-5,7-10,16-18H2,(H,27,28). The average molecular weight is 434 g/mol. The first-order chi connectivity index (χ1) is 14.6. The predicted molar refractivity (Wildman–Crippen MR) is 120 cm³/mol. The van der Waals surface area contributed by atoms with E-state index in [9.17, 15) is 9.18 Å². The van der Waals surface area contributed by atoms with Crippen LogP contribution in [-0.4, -0.2) is 35.0 Å². The fourth-order valence-corrected chi connectivity index (χ4v) is 5.29. The highest BCUT2D eigenvalue weighted by Gasteiger charge is 2.23. The number of carbonyl (C=O) groups is 1. The number of aryl methyl sites for hydroxylation is 1. The highest BCUT2D eigenvalue weighted by atomic mass is 32.2. The van der Waals surface area contributed by atoms with Gasteiger partial charge in [-0.1, -0.05) is 50.3 Å². The molecule has 1 aromatic carbocycles. The number of thioether (sulfide) groups is 1. The van der Waals surface area contributed by atoms with Gasteiger partial charge in [-0.05, 0) is 61.1 Å². The SMILES string of the molecule is O=C(O)OC1=C(SCCCc2ccc(F)cc2)N(CC2CCCCCCC2)CC=C1. The quantitative estimate of drug-likeness (QED) is 0.370. The minimum atomic E-state index is -1.27. The molecule has 164 valence electrons. The zero-order valence-corrected chi connectivity index (χ0v) is 18.3. The number of allylic oxidation sites excluding steroid dienone is 1. The van der Waals surface area contributed by atoms with Gasteiger partial charge in [-0.15, -0.1) is 11.8 Å². The summed E-state index contributed by atoms with van der Waals surface area (Å²) in [5.41, 5.74) is 1.11. The molecular formula is C24H32FNO3S.